The molecule has 42 heavy (non-hydrogen) atoms. The Morgan fingerprint density at radius 1 is 1.07 bits per heavy atom. The van der Waals surface area contributed by atoms with Gasteiger partial charge in [0.25, 0.3) is 11.8 Å². The number of carbonyl (C=O) groups excluding carboxylic acids is 5. The van der Waals surface area contributed by atoms with E-state index in [1.54, 1.807) is 12.1 Å². The first kappa shape index (κ1) is 29.0. The minimum atomic E-state index is -1.18. The van der Waals surface area contributed by atoms with E-state index in [0.717, 1.165) is 22.9 Å². The van der Waals surface area contributed by atoms with Crippen LogP contribution < -0.4 is 10.6 Å². The lowest BCUT2D eigenvalue weighted by Crippen LogP contribution is -2.54. The highest BCUT2D eigenvalue weighted by Gasteiger charge is 2.42. The minimum Gasteiger partial charge on any atom is -0.351 e. The summed E-state index contributed by atoms with van der Waals surface area (Å²) >= 11 is 0. The molecular weight excluding hydrogens is 532 g/mol. The van der Waals surface area contributed by atoms with E-state index in [9.17, 15) is 24.0 Å². The molecule has 5 rings (SSSR count). The third-order valence-electron chi connectivity index (χ3n) is 8.32. The van der Waals surface area contributed by atoms with Crippen molar-refractivity contribution in [3.05, 3.63) is 84.6 Å². The Kier molecular flexibility index (Phi) is 8.95. The maximum Gasteiger partial charge on any atom is 0.289 e. The summed E-state index contributed by atoms with van der Waals surface area (Å²) in [5.41, 5.74) is 2.02. The number of benzene rings is 2. The van der Waals surface area contributed by atoms with E-state index in [-0.39, 0.29) is 30.6 Å². The fourth-order valence-corrected chi connectivity index (χ4v) is 6.09. The molecule has 2 aliphatic rings. The molecule has 1 aliphatic heterocycles. The van der Waals surface area contributed by atoms with Crippen molar-refractivity contribution in [1.82, 2.24) is 20.5 Å². The van der Waals surface area contributed by atoms with Crippen LogP contribution in [0.2, 0.25) is 0 Å². The molecule has 218 valence electrons. The van der Waals surface area contributed by atoms with Gasteiger partial charge in [0.1, 0.15) is 17.5 Å². The zero-order valence-electron chi connectivity index (χ0n) is 23.5. The number of para-hydroxylation sites is 1. The highest BCUT2D eigenvalue weighted by molar-refractivity contribution is 6.38. The molecule has 1 unspecified atom stereocenters. The molecule has 2 aromatic carbocycles. The second kappa shape index (κ2) is 13.0. The van der Waals surface area contributed by atoms with Crippen LogP contribution in [0, 0.1) is 11.8 Å². The van der Waals surface area contributed by atoms with Crippen molar-refractivity contribution < 1.29 is 24.0 Å². The second-order valence-electron chi connectivity index (χ2n) is 11.3. The van der Waals surface area contributed by atoms with Crippen molar-refractivity contribution in [2.45, 2.75) is 57.2 Å². The van der Waals surface area contributed by atoms with E-state index < -0.39 is 35.6 Å². The summed E-state index contributed by atoms with van der Waals surface area (Å²) < 4.78 is 0. The van der Waals surface area contributed by atoms with E-state index in [4.69, 9.17) is 0 Å². The number of allylic oxidation sites excluding steroid dienone is 1. The molecule has 2 fully saturated rings. The summed E-state index contributed by atoms with van der Waals surface area (Å²) in [7, 11) is 0. The van der Waals surface area contributed by atoms with Crippen molar-refractivity contribution in [3.8, 4) is 0 Å². The summed E-state index contributed by atoms with van der Waals surface area (Å²) in [6.45, 7) is 4.33. The Bertz CT molecular complexity index is 1460. The number of H-pyrrole nitrogens is 1. The molecule has 1 saturated carbocycles. The topological polar surface area (TPSA) is 128 Å². The van der Waals surface area contributed by atoms with Crippen LogP contribution in [-0.4, -0.2) is 57.8 Å². The van der Waals surface area contributed by atoms with Gasteiger partial charge in [-0.3, -0.25) is 24.0 Å². The van der Waals surface area contributed by atoms with Gasteiger partial charge in [-0.15, -0.1) is 6.58 Å². The number of hydrogen-bond acceptors (Lipinski definition) is 5. The number of aromatic nitrogens is 1. The molecule has 0 bridgehead atoms. The quantitative estimate of drug-likeness (QED) is 0.240. The number of nitrogens with one attached hydrogen (secondary N) is 3. The Balaban J connectivity index is 1.34. The van der Waals surface area contributed by atoms with Crippen LogP contribution in [0.25, 0.3) is 10.9 Å². The molecule has 2 heterocycles. The van der Waals surface area contributed by atoms with Crippen molar-refractivity contribution in [2.75, 3.05) is 6.54 Å². The fourth-order valence-electron chi connectivity index (χ4n) is 6.09. The number of amides is 3. The molecule has 3 aromatic rings. The third-order valence-corrected chi connectivity index (χ3v) is 8.32. The van der Waals surface area contributed by atoms with Crippen LogP contribution >= 0.6 is 0 Å². The molecule has 3 N–H and O–H groups in total. The van der Waals surface area contributed by atoms with Gasteiger partial charge in [0.05, 0.1) is 6.04 Å². The summed E-state index contributed by atoms with van der Waals surface area (Å²) in [6.07, 6.45) is 4.61. The number of fused-ring (bicyclic) bond motifs is 1. The highest BCUT2D eigenvalue weighted by atomic mass is 16.2. The Hall–Kier alpha value is -4.53. The zero-order chi connectivity index (χ0) is 29.6. The van der Waals surface area contributed by atoms with Gasteiger partial charge < -0.3 is 20.5 Å². The summed E-state index contributed by atoms with van der Waals surface area (Å²) in [5.74, 6) is -2.79. The molecule has 3 amide bonds. The number of ketones is 2. The van der Waals surface area contributed by atoms with Gasteiger partial charge in [0.15, 0.2) is 0 Å². The van der Waals surface area contributed by atoms with Crippen LogP contribution in [-0.2, 0) is 25.7 Å². The van der Waals surface area contributed by atoms with Gasteiger partial charge in [0, 0.05) is 36.3 Å². The minimum absolute atomic E-state index is 0.0197. The number of rotatable bonds is 11. The van der Waals surface area contributed by atoms with E-state index >= 15 is 0 Å². The number of aromatic amines is 1. The van der Waals surface area contributed by atoms with Gasteiger partial charge in [-0.2, -0.15) is 0 Å². The molecule has 9 nitrogen and oxygen atoms in total. The number of Topliss-reactive ketones (excluding diaryl/α,β-unsaturated/α-hetero) is 2. The Morgan fingerprint density at radius 3 is 2.55 bits per heavy atom. The predicted molar refractivity (Wildman–Crippen MR) is 158 cm³/mol. The molecular formula is C33H36N4O5. The first-order chi connectivity index (χ1) is 20.3. The van der Waals surface area contributed by atoms with Crippen LogP contribution in [0.5, 0.6) is 0 Å². The molecule has 1 aromatic heterocycles. The van der Waals surface area contributed by atoms with Gasteiger partial charge >= 0.3 is 0 Å². The molecule has 9 heteroatoms. The first-order valence-electron chi connectivity index (χ1n) is 14.5. The molecule has 0 radical (unpaired) electrons. The van der Waals surface area contributed by atoms with E-state index in [1.807, 2.05) is 54.6 Å². The molecule has 1 saturated heterocycles. The number of carbonyl (C=O) groups is 5. The summed E-state index contributed by atoms with van der Waals surface area (Å²) in [4.78, 5) is 70.9. The highest BCUT2D eigenvalue weighted by Crippen LogP contribution is 2.30. The third kappa shape index (κ3) is 6.51. The average molecular weight is 569 g/mol. The van der Waals surface area contributed by atoms with Gasteiger partial charge in [-0.1, -0.05) is 54.6 Å². The Morgan fingerprint density at radius 2 is 1.83 bits per heavy atom. The molecule has 4 atom stereocenters. The number of hydrogen-bond donors (Lipinski definition) is 3. The SMILES string of the molecule is C=CC[C@@H]1C[C@@H](C(=O)NC(C[C@@H]2CCCC2=O)C(=O)C(=O)NCc2ccccc2)N(C(=O)c2cc3ccccc3[nH]2)C1. The number of nitrogens with zero attached hydrogens (tertiary/aromatic N) is 1. The summed E-state index contributed by atoms with van der Waals surface area (Å²) in [6, 6.07) is 16.5. The largest absolute Gasteiger partial charge is 0.351 e. The van der Waals surface area contributed by atoms with Crippen molar-refractivity contribution in [2.24, 2.45) is 11.8 Å². The Labute approximate surface area is 244 Å². The summed E-state index contributed by atoms with van der Waals surface area (Å²) in [5, 5.41) is 6.30. The smallest absolute Gasteiger partial charge is 0.289 e. The lowest BCUT2D eigenvalue weighted by atomic mass is 9.94. The fraction of sp³-hybridized carbons (Fsp3) is 0.364. The standard InChI is InChI=1S/C33H36N4O5/c1-2-9-22-16-28(37(20-22)33(42)27-17-23-12-6-7-14-25(23)35-27)31(40)36-26(18-24-13-8-15-29(24)38)30(39)32(41)34-19-21-10-4-3-5-11-21/h2-7,10-12,14,17,22,24,26,28,35H,1,8-9,13,15-16,18-20H2,(H,34,41)(H,36,40)/t22-,24+,26?,28+/m1/s1. The lowest BCUT2D eigenvalue weighted by Gasteiger charge is -2.26. The van der Waals surface area contributed by atoms with Gasteiger partial charge in [0.2, 0.25) is 11.7 Å². The maximum absolute atomic E-state index is 13.8. The van der Waals surface area contributed by atoms with Crippen LogP contribution in [0.1, 0.15) is 54.6 Å². The van der Waals surface area contributed by atoms with Crippen LogP contribution in [0.4, 0.5) is 0 Å². The maximum atomic E-state index is 13.8. The second-order valence-corrected chi connectivity index (χ2v) is 11.3. The van der Waals surface area contributed by atoms with E-state index in [0.29, 0.717) is 37.9 Å². The van der Waals surface area contributed by atoms with Crippen molar-refractivity contribution in [1.29, 1.82) is 0 Å². The molecule has 0 spiro atoms. The predicted octanol–water partition coefficient (Wildman–Crippen LogP) is 3.70. The van der Waals surface area contributed by atoms with Gasteiger partial charge in [-0.05, 0) is 55.7 Å². The first-order valence-corrected chi connectivity index (χ1v) is 14.5. The van der Waals surface area contributed by atoms with E-state index in [1.165, 1.54) is 4.90 Å². The van der Waals surface area contributed by atoms with Crippen molar-refractivity contribution >= 4 is 40.2 Å². The van der Waals surface area contributed by atoms with Crippen LogP contribution in [0.15, 0.2) is 73.3 Å². The lowest BCUT2D eigenvalue weighted by molar-refractivity contribution is -0.141. The van der Waals surface area contributed by atoms with E-state index in [2.05, 4.69) is 22.2 Å². The molecule has 1 aliphatic carbocycles. The average Bonchev–Trinajstić information content (AvgIpc) is 3.74. The van der Waals surface area contributed by atoms with Crippen LogP contribution in [0.3, 0.4) is 0 Å². The van der Waals surface area contributed by atoms with Crippen molar-refractivity contribution in [3.63, 3.8) is 0 Å². The van der Waals surface area contributed by atoms with Gasteiger partial charge in [-0.25, -0.2) is 0 Å². The monoisotopic (exact) mass is 568 g/mol. The normalized spacial score (nSPS) is 20.8. The zero-order valence-corrected chi connectivity index (χ0v) is 23.5. The number of likely N-dealkylation sites (tertiary alicyclic amines) is 1.